The van der Waals surface area contributed by atoms with E-state index in [4.69, 9.17) is 0 Å². The molecule has 2 nitrogen and oxygen atoms in total. The van der Waals surface area contributed by atoms with E-state index >= 15 is 0 Å². The van der Waals surface area contributed by atoms with E-state index in [1.54, 1.807) is 6.07 Å². The van der Waals surface area contributed by atoms with Gasteiger partial charge in [-0.1, -0.05) is 13.3 Å². The van der Waals surface area contributed by atoms with Gasteiger partial charge in [0.15, 0.2) is 0 Å². The Bertz CT molecular complexity index is 562. The molecule has 21 heavy (non-hydrogen) atoms. The largest absolute Gasteiger partial charge is 0.418 e. The maximum atomic E-state index is 13.4. The van der Waals surface area contributed by atoms with Crippen LogP contribution in [0.5, 0.6) is 0 Å². The van der Waals surface area contributed by atoms with E-state index in [2.05, 4.69) is 4.98 Å². The minimum Gasteiger partial charge on any atom is -0.245 e. The molecule has 0 aliphatic heterocycles. The molecular formula is C15H17F3N2S. The highest BCUT2D eigenvalue weighted by Crippen LogP contribution is 2.41. The molecule has 0 amide bonds. The van der Waals surface area contributed by atoms with Crippen molar-refractivity contribution >= 4 is 11.8 Å². The summed E-state index contributed by atoms with van der Waals surface area (Å²) in [7, 11) is 0. The second kappa shape index (κ2) is 6.69. The minimum absolute atomic E-state index is 0.241. The quantitative estimate of drug-likeness (QED) is 0.595. The topological polar surface area (TPSA) is 36.7 Å². The molecule has 0 saturated heterocycles. The van der Waals surface area contributed by atoms with E-state index in [1.165, 1.54) is 11.8 Å². The van der Waals surface area contributed by atoms with E-state index in [0.717, 1.165) is 25.7 Å². The van der Waals surface area contributed by atoms with Crippen LogP contribution in [-0.2, 0) is 19.0 Å². The van der Waals surface area contributed by atoms with Crippen molar-refractivity contribution in [2.75, 3.05) is 5.75 Å². The third kappa shape index (κ3) is 3.52. The molecule has 1 aromatic heterocycles. The molecule has 0 bridgehead atoms. The van der Waals surface area contributed by atoms with E-state index in [0.29, 0.717) is 24.3 Å². The van der Waals surface area contributed by atoms with Crippen molar-refractivity contribution in [3.8, 4) is 6.07 Å². The molecule has 0 aromatic carbocycles. The fourth-order valence-electron chi connectivity index (χ4n) is 2.55. The summed E-state index contributed by atoms with van der Waals surface area (Å²) in [5, 5.41) is 9.47. The van der Waals surface area contributed by atoms with Crippen LogP contribution in [0.2, 0.25) is 0 Å². The molecule has 1 aliphatic carbocycles. The number of nitriles is 1. The number of thioether (sulfide) groups is 1. The summed E-state index contributed by atoms with van der Waals surface area (Å²) in [5.74, 6) is 0.689. The third-order valence-electron chi connectivity index (χ3n) is 3.57. The zero-order valence-electron chi connectivity index (χ0n) is 11.9. The van der Waals surface area contributed by atoms with Crippen molar-refractivity contribution in [3.63, 3.8) is 0 Å². The average molecular weight is 314 g/mol. The standard InChI is InChI=1S/C15H17F3N2S/c1-2-3-8-21-14-11(9-19)13(15(16,17)18)10-6-4-5-7-12(10)20-14/h2-8H2,1H3. The summed E-state index contributed by atoms with van der Waals surface area (Å²) >= 11 is 1.27. The predicted molar refractivity (Wildman–Crippen MR) is 76.2 cm³/mol. The van der Waals surface area contributed by atoms with Gasteiger partial charge < -0.3 is 0 Å². The SMILES string of the molecule is CCCCSc1nc2c(c(C(F)(F)F)c1C#N)CCCC2. The molecule has 1 heterocycles. The highest BCUT2D eigenvalue weighted by Gasteiger charge is 2.39. The molecule has 1 aromatic rings. The molecule has 0 fully saturated rings. The van der Waals surface area contributed by atoms with Crippen LogP contribution in [0.25, 0.3) is 0 Å². The van der Waals surface area contributed by atoms with Crippen LogP contribution in [0.1, 0.15) is 55.0 Å². The van der Waals surface area contributed by atoms with Crippen LogP contribution in [0.15, 0.2) is 5.03 Å². The zero-order valence-corrected chi connectivity index (χ0v) is 12.7. The number of aryl methyl sites for hydroxylation is 1. The van der Waals surface area contributed by atoms with Gasteiger partial charge in [0.25, 0.3) is 0 Å². The van der Waals surface area contributed by atoms with E-state index < -0.39 is 11.7 Å². The van der Waals surface area contributed by atoms with Gasteiger partial charge in [-0.3, -0.25) is 0 Å². The van der Waals surface area contributed by atoms with Crippen molar-refractivity contribution in [2.45, 2.75) is 56.7 Å². The van der Waals surface area contributed by atoms with Gasteiger partial charge in [0.05, 0.1) is 11.1 Å². The molecule has 114 valence electrons. The van der Waals surface area contributed by atoms with Crippen LogP contribution in [0, 0.1) is 11.3 Å². The minimum atomic E-state index is -4.49. The van der Waals surface area contributed by atoms with Crippen molar-refractivity contribution in [3.05, 3.63) is 22.4 Å². The van der Waals surface area contributed by atoms with Crippen LogP contribution in [0.3, 0.4) is 0 Å². The Hall–Kier alpha value is -1.22. The van der Waals surface area contributed by atoms with Gasteiger partial charge in [0.2, 0.25) is 0 Å². The Labute approximate surface area is 126 Å². The Morgan fingerprint density at radius 2 is 2.00 bits per heavy atom. The van der Waals surface area contributed by atoms with E-state index in [9.17, 15) is 18.4 Å². The van der Waals surface area contributed by atoms with E-state index in [-0.39, 0.29) is 16.2 Å². The van der Waals surface area contributed by atoms with Gasteiger partial charge >= 0.3 is 6.18 Å². The van der Waals surface area contributed by atoms with Gasteiger partial charge in [-0.15, -0.1) is 11.8 Å². The normalized spacial score (nSPS) is 14.6. The fraction of sp³-hybridized carbons (Fsp3) is 0.600. The molecule has 0 saturated carbocycles. The maximum absolute atomic E-state index is 13.4. The number of fused-ring (bicyclic) bond motifs is 1. The highest BCUT2D eigenvalue weighted by atomic mass is 32.2. The summed E-state index contributed by atoms with van der Waals surface area (Å²) in [6.45, 7) is 2.02. The third-order valence-corrected chi connectivity index (χ3v) is 4.63. The number of aromatic nitrogens is 1. The summed E-state index contributed by atoms with van der Waals surface area (Å²) in [6.07, 6.45) is -0.0957. The first-order valence-electron chi connectivity index (χ1n) is 7.14. The zero-order chi connectivity index (χ0) is 15.5. The van der Waals surface area contributed by atoms with Gasteiger partial charge in [0, 0.05) is 5.69 Å². The van der Waals surface area contributed by atoms with Gasteiger partial charge in [-0.05, 0) is 43.4 Å². The fourth-order valence-corrected chi connectivity index (χ4v) is 3.65. The van der Waals surface area contributed by atoms with Crippen LogP contribution >= 0.6 is 11.8 Å². The smallest absolute Gasteiger partial charge is 0.245 e. The van der Waals surface area contributed by atoms with Crippen molar-refractivity contribution in [2.24, 2.45) is 0 Å². The second-order valence-corrected chi connectivity index (χ2v) is 6.19. The lowest BCUT2D eigenvalue weighted by Crippen LogP contribution is -2.19. The van der Waals surface area contributed by atoms with Crippen LogP contribution in [-0.4, -0.2) is 10.7 Å². The number of alkyl halides is 3. The van der Waals surface area contributed by atoms with Crippen molar-refractivity contribution < 1.29 is 13.2 Å². The Morgan fingerprint density at radius 1 is 1.29 bits per heavy atom. The molecule has 0 atom stereocenters. The lowest BCUT2D eigenvalue weighted by Gasteiger charge is -2.22. The lowest BCUT2D eigenvalue weighted by molar-refractivity contribution is -0.138. The molecule has 6 heteroatoms. The van der Waals surface area contributed by atoms with Crippen molar-refractivity contribution in [1.82, 2.24) is 4.98 Å². The first-order chi connectivity index (χ1) is 9.99. The van der Waals surface area contributed by atoms with Crippen LogP contribution < -0.4 is 0 Å². The Balaban J connectivity index is 2.54. The molecule has 0 radical (unpaired) electrons. The first-order valence-corrected chi connectivity index (χ1v) is 8.13. The lowest BCUT2D eigenvalue weighted by atomic mass is 9.90. The summed E-state index contributed by atoms with van der Waals surface area (Å²) in [5.41, 5.74) is -0.255. The Kier molecular flexibility index (Phi) is 5.15. The average Bonchev–Trinajstić information content (AvgIpc) is 2.45. The number of pyridine rings is 1. The number of hydrogen-bond donors (Lipinski definition) is 0. The second-order valence-electron chi connectivity index (χ2n) is 5.11. The summed E-state index contributed by atoms with van der Waals surface area (Å²) in [4.78, 5) is 4.37. The number of rotatable bonds is 4. The van der Waals surface area contributed by atoms with E-state index in [1.807, 2.05) is 6.92 Å². The molecule has 0 spiro atoms. The molecule has 1 aliphatic rings. The number of hydrogen-bond acceptors (Lipinski definition) is 3. The van der Waals surface area contributed by atoms with Crippen molar-refractivity contribution in [1.29, 1.82) is 5.26 Å². The Morgan fingerprint density at radius 3 is 2.62 bits per heavy atom. The highest BCUT2D eigenvalue weighted by molar-refractivity contribution is 7.99. The maximum Gasteiger partial charge on any atom is 0.418 e. The van der Waals surface area contributed by atoms with Gasteiger partial charge in [0.1, 0.15) is 11.1 Å². The predicted octanol–water partition coefficient (Wildman–Crippen LogP) is 4.74. The number of unbranched alkanes of at least 4 members (excludes halogenated alkanes) is 1. The van der Waals surface area contributed by atoms with Crippen LogP contribution in [0.4, 0.5) is 13.2 Å². The summed E-state index contributed by atoms with van der Waals surface area (Å²) in [6, 6.07) is 1.74. The molecule has 2 rings (SSSR count). The first kappa shape index (κ1) is 16.2. The summed E-state index contributed by atoms with van der Waals surface area (Å²) < 4.78 is 40.2. The van der Waals surface area contributed by atoms with Gasteiger partial charge in [-0.25, -0.2) is 4.98 Å². The monoisotopic (exact) mass is 314 g/mol. The van der Waals surface area contributed by atoms with Gasteiger partial charge in [-0.2, -0.15) is 18.4 Å². The number of nitrogens with zero attached hydrogens (tertiary/aromatic N) is 2. The molecule has 0 N–H and O–H groups in total. The molecular weight excluding hydrogens is 297 g/mol. The molecule has 0 unspecified atom stereocenters. The number of halogens is 3.